The maximum Gasteiger partial charge on any atom is 0.261 e. The Hall–Kier alpha value is -1.96. The average Bonchev–Trinajstić information content (AvgIpc) is 3.29. The fraction of sp³-hybridized carbons (Fsp3) is 0.500. The summed E-state index contributed by atoms with van der Waals surface area (Å²) in [6.45, 7) is 4.91. The molecule has 0 aliphatic carbocycles. The van der Waals surface area contributed by atoms with Gasteiger partial charge >= 0.3 is 0 Å². The average molecular weight is 391 g/mol. The number of carbonyl (C=O) groups is 2. The number of methoxy groups -OCH3 is 1. The lowest BCUT2D eigenvalue weighted by molar-refractivity contribution is -0.149. The first kappa shape index (κ1) is 19.8. The van der Waals surface area contributed by atoms with Crippen molar-refractivity contribution in [1.29, 1.82) is 0 Å². The molecule has 2 N–H and O–H groups in total. The lowest BCUT2D eigenvalue weighted by Gasteiger charge is -2.28. The van der Waals surface area contributed by atoms with Gasteiger partial charge in [-0.1, -0.05) is 18.2 Å². The van der Waals surface area contributed by atoms with Gasteiger partial charge in [0.2, 0.25) is 0 Å². The SMILES string of the molecule is COC(C)(C)C(=O)N1CC[C@H](c2c(C(=O)NCCO)sc3ccccc23)C1. The van der Waals surface area contributed by atoms with Crippen LogP contribution in [0, 0.1) is 0 Å². The molecule has 1 saturated heterocycles. The molecule has 1 aliphatic heterocycles. The van der Waals surface area contributed by atoms with E-state index in [9.17, 15) is 9.59 Å². The van der Waals surface area contributed by atoms with E-state index in [1.54, 1.807) is 21.0 Å². The molecule has 27 heavy (non-hydrogen) atoms. The van der Waals surface area contributed by atoms with Crippen LogP contribution in [0.2, 0.25) is 0 Å². The van der Waals surface area contributed by atoms with E-state index in [1.807, 2.05) is 29.2 Å². The number of hydrogen-bond acceptors (Lipinski definition) is 5. The van der Waals surface area contributed by atoms with Crippen LogP contribution in [0.5, 0.6) is 0 Å². The lowest BCUT2D eigenvalue weighted by Crippen LogP contribution is -2.45. The van der Waals surface area contributed by atoms with E-state index >= 15 is 0 Å². The second-order valence-electron chi connectivity index (χ2n) is 7.27. The second-order valence-corrected chi connectivity index (χ2v) is 8.32. The summed E-state index contributed by atoms with van der Waals surface area (Å²) in [6, 6.07) is 7.98. The van der Waals surface area contributed by atoms with Crippen LogP contribution in [0.25, 0.3) is 10.1 Å². The number of nitrogens with one attached hydrogen (secondary N) is 1. The number of hydrogen-bond donors (Lipinski definition) is 2. The molecule has 7 heteroatoms. The van der Waals surface area contributed by atoms with Crippen molar-refractivity contribution in [3.8, 4) is 0 Å². The molecule has 146 valence electrons. The molecule has 2 aromatic rings. The quantitative estimate of drug-likeness (QED) is 0.794. The fourth-order valence-corrected chi connectivity index (χ4v) is 4.74. The highest BCUT2D eigenvalue weighted by Gasteiger charge is 2.38. The summed E-state index contributed by atoms with van der Waals surface area (Å²) in [6.07, 6.45) is 0.812. The first-order valence-corrected chi connectivity index (χ1v) is 9.95. The maximum absolute atomic E-state index is 12.7. The first-order valence-electron chi connectivity index (χ1n) is 9.14. The number of amides is 2. The predicted octanol–water partition coefficient (Wildman–Crippen LogP) is 2.36. The number of likely N-dealkylation sites (tertiary alicyclic amines) is 1. The Kier molecular flexibility index (Phi) is 5.83. The number of carbonyl (C=O) groups excluding carboxylic acids is 2. The maximum atomic E-state index is 12.7. The summed E-state index contributed by atoms with van der Waals surface area (Å²) < 4.78 is 6.40. The summed E-state index contributed by atoms with van der Waals surface area (Å²) in [5.74, 6) is -0.0896. The lowest BCUT2D eigenvalue weighted by atomic mass is 9.95. The number of ether oxygens (including phenoxy) is 1. The van der Waals surface area contributed by atoms with Crippen molar-refractivity contribution in [2.24, 2.45) is 0 Å². The van der Waals surface area contributed by atoms with Crippen LogP contribution >= 0.6 is 11.3 Å². The summed E-state index contributed by atoms with van der Waals surface area (Å²) in [5, 5.41) is 12.8. The van der Waals surface area contributed by atoms with Crippen molar-refractivity contribution in [2.75, 3.05) is 33.4 Å². The molecule has 2 heterocycles. The van der Waals surface area contributed by atoms with Crippen LogP contribution in [-0.4, -0.2) is 60.8 Å². The molecule has 6 nitrogen and oxygen atoms in total. The molecule has 1 aromatic heterocycles. The van der Waals surface area contributed by atoms with Gasteiger partial charge in [0.15, 0.2) is 0 Å². The number of thiophene rings is 1. The molecule has 0 saturated carbocycles. The Morgan fingerprint density at radius 1 is 1.37 bits per heavy atom. The third-order valence-corrected chi connectivity index (χ3v) is 6.33. The third kappa shape index (κ3) is 3.85. The Morgan fingerprint density at radius 2 is 2.11 bits per heavy atom. The molecule has 1 atom stereocenters. The van der Waals surface area contributed by atoms with Crippen molar-refractivity contribution in [1.82, 2.24) is 10.2 Å². The van der Waals surface area contributed by atoms with Gasteiger partial charge < -0.3 is 20.1 Å². The minimum Gasteiger partial charge on any atom is -0.395 e. The summed E-state index contributed by atoms with van der Waals surface area (Å²) in [7, 11) is 1.54. The van der Waals surface area contributed by atoms with Crippen molar-refractivity contribution in [3.63, 3.8) is 0 Å². The number of fused-ring (bicyclic) bond motifs is 1. The number of benzene rings is 1. The van der Waals surface area contributed by atoms with E-state index in [0.29, 0.717) is 18.0 Å². The highest BCUT2D eigenvalue weighted by Crippen LogP contribution is 2.40. The zero-order chi connectivity index (χ0) is 19.6. The Balaban J connectivity index is 1.92. The number of aliphatic hydroxyl groups excluding tert-OH is 1. The Labute approximate surface area is 163 Å². The van der Waals surface area contributed by atoms with E-state index in [-0.39, 0.29) is 30.9 Å². The van der Waals surface area contributed by atoms with E-state index in [1.165, 1.54) is 11.3 Å². The van der Waals surface area contributed by atoms with Crippen LogP contribution < -0.4 is 5.32 Å². The van der Waals surface area contributed by atoms with Crippen molar-refractivity contribution in [3.05, 3.63) is 34.7 Å². The third-order valence-electron chi connectivity index (χ3n) is 5.15. The molecule has 0 bridgehead atoms. The van der Waals surface area contributed by atoms with E-state index in [2.05, 4.69) is 5.32 Å². The smallest absolute Gasteiger partial charge is 0.261 e. The molecule has 2 amide bonds. The highest BCUT2D eigenvalue weighted by atomic mass is 32.1. The standard InChI is InChI=1S/C20H26N2O4S/c1-20(2,26-3)19(25)22-10-8-13(12-22)16-14-6-4-5-7-15(14)27-17(16)18(24)21-9-11-23/h4-7,13,23H,8-12H2,1-3H3,(H,21,24)/t13-/m0/s1. The fourth-order valence-electron chi connectivity index (χ4n) is 3.54. The normalized spacial score (nSPS) is 17.5. The zero-order valence-corrected chi connectivity index (χ0v) is 16.8. The van der Waals surface area contributed by atoms with Crippen molar-refractivity contribution in [2.45, 2.75) is 31.8 Å². The largest absolute Gasteiger partial charge is 0.395 e. The van der Waals surface area contributed by atoms with Gasteiger partial charge in [-0.3, -0.25) is 9.59 Å². The molecule has 1 fully saturated rings. The predicted molar refractivity (Wildman–Crippen MR) is 106 cm³/mol. The second kappa shape index (κ2) is 7.96. The van der Waals surface area contributed by atoms with Gasteiger partial charge in [-0.15, -0.1) is 11.3 Å². The van der Waals surface area contributed by atoms with Gasteiger partial charge in [-0.2, -0.15) is 0 Å². The molecule has 3 rings (SSSR count). The van der Waals surface area contributed by atoms with Crippen molar-refractivity contribution >= 4 is 33.2 Å². The number of aliphatic hydroxyl groups is 1. The Morgan fingerprint density at radius 3 is 2.81 bits per heavy atom. The molecule has 0 unspecified atom stereocenters. The molecule has 0 radical (unpaired) electrons. The van der Waals surface area contributed by atoms with Gasteiger partial charge in [0.1, 0.15) is 5.60 Å². The summed E-state index contributed by atoms with van der Waals surface area (Å²) in [5.41, 5.74) is 0.156. The molecular formula is C20H26N2O4S. The van der Waals surface area contributed by atoms with Crippen LogP contribution in [0.4, 0.5) is 0 Å². The van der Waals surface area contributed by atoms with Crippen molar-refractivity contribution < 1.29 is 19.4 Å². The van der Waals surface area contributed by atoms with Crippen LogP contribution in [0.15, 0.2) is 24.3 Å². The summed E-state index contributed by atoms with van der Waals surface area (Å²) in [4.78, 5) is 27.9. The van der Waals surface area contributed by atoms with Gasteiger partial charge in [0, 0.05) is 37.4 Å². The number of rotatable bonds is 6. The van der Waals surface area contributed by atoms with Crippen LogP contribution in [0.3, 0.4) is 0 Å². The van der Waals surface area contributed by atoms with Crippen LogP contribution in [0.1, 0.15) is 41.4 Å². The first-order chi connectivity index (χ1) is 12.9. The van der Waals surface area contributed by atoms with Gasteiger partial charge in [0.05, 0.1) is 11.5 Å². The van der Waals surface area contributed by atoms with Gasteiger partial charge in [0.25, 0.3) is 11.8 Å². The summed E-state index contributed by atoms with van der Waals surface area (Å²) >= 11 is 1.47. The molecular weight excluding hydrogens is 364 g/mol. The zero-order valence-electron chi connectivity index (χ0n) is 15.9. The van der Waals surface area contributed by atoms with E-state index in [4.69, 9.17) is 9.84 Å². The van der Waals surface area contributed by atoms with Gasteiger partial charge in [-0.25, -0.2) is 0 Å². The molecule has 1 aliphatic rings. The van der Waals surface area contributed by atoms with Gasteiger partial charge in [-0.05, 0) is 37.3 Å². The van der Waals surface area contributed by atoms with Crippen LogP contribution in [-0.2, 0) is 9.53 Å². The Bertz CT molecular complexity index is 846. The highest BCUT2D eigenvalue weighted by molar-refractivity contribution is 7.21. The monoisotopic (exact) mass is 390 g/mol. The molecule has 0 spiro atoms. The minimum absolute atomic E-state index is 0.0293. The topological polar surface area (TPSA) is 78.9 Å². The van der Waals surface area contributed by atoms with E-state index in [0.717, 1.165) is 22.1 Å². The van der Waals surface area contributed by atoms with E-state index < -0.39 is 5.60 Å². The molecule has 1 aromatic carbocycles. The number of nitrogens with zero attached hydrogens (tertiary/aromatic N) is 1. The minimum atomic E-state index is -0.854.